The van der Waals surface area contributed by atoms with Crippen molar-refractivity contribution >= 4 is 22.8 Å². The fourth-order valence-electron chi connectivity index (χ4n) is 2.31. The molecule has 0 saturated heterocycles. The minimum Gasteiger partial charge on any atom is -0.467 e. The normalized spacial score (nSPS) is 11.9. The standard InChI is InChI=1S/C18H22N2O5/c1-23-9-10-25-12-17(21)20-16(18(22)24-2)11-14-8-7-13-5-3-4-6-15(13)19-14/h3-8,16H,9-12H2,1-2H3,(H,20,21)/t16-/m0/s1. The average Bonchev–Trinajstić information content (AvgIpc) is 2.64. The number of hydrogen-bond donors (Lipinski definition) is 1. The van der Waals surface area contributed by atoms with Gasteiger partial charge in [0.2, 0.25) is 5.91 Å². The van der Waals surface area contributed by atoms with Gasteiger partial charge in [0.05, 0.1) is 25.8 Å². The minimum absolute atomic E-state index is 0.151. The molecule has 0 spiro atoms. The summed E-state index contributed by atoms with van der Waals surface area (Å²) in [5, 5.41) is 3.63. The molecule has 0 unspecified atom stereocenters. The molecule has 2 rings (SSSR count). The maximum absolute atomic E-state index is 12.0. The Hall–Kier alpha value is -2.51. The number of para-hydroxylation sites is 1. The van der Waals surface area contributed by atoms with Crippen LogP contribution in [0.5, 0.6) is 0 Å². The van der Waals surface area contributed by atoms with Crippen LogP contribution < -0.4 is 5.32 Å². The van der Waals surface area contributed by atoms with Gasteiger partial charge in [0.15, 0.2) is 0 Å². The van der Waals surface area contributed by atoms with Crippen LogP contribution in [0.25, 0.3) is 10.9 Å². The maximum Gasteiger partial charge on any atom is 0.328 e. The van der Waals surface area contributed by atoms with Crippen LogP contribution in [-0.2, 0) is 30.2 Å². The first kappa shape index (κ1) is 18.8. The molecule has 134 valence electrons. The van der Waals surface area contributed by atoms with Crippen LogP contribution in [0.4, 0.5) is 0 Å². The zero-order valence-electron chi connectivity index (χ0n) is 14.4. The van der Waals surface area contributed by atoms with Crippen molar-refractivity contribution in [3.63, 3.8) is 0 Å². The van der Waals surface area contributed by atoms with Crippen molar-refractivity contribution in [2.45, 2.75) is 12.5 Å². The van der Waals surface area contributed by atoms with Gasteiger partial charge in [0.1, 0.15) is 12.6 Å². The third-order valence-corrected chi connectivity index (χ3v) is 3.56. The number of aromatic nitrogens is 1. The number of rotatable bonds is 9. The van der Waals surface area contributed by atoms with Crippen molar-refractivity contribution in [3.05, 3.63) is 42.1 Å². The first-order valence-electron chi connectivity index (χ1n) is 7.92. The van der Waals surface area contributed by atoms with Gasteiger partial charge in [-0.05, 0) is 12.1 Å². The molecule has 1 aromatic heterocycles. The smallest absolute Gasteiger partial charge is 0.328 e. The number of amides is 1. The number of carbonyl (C=O) groups excluding carboxylic acids is 2. The Bertz CT molecular complexity index is 719. The molecule has 1 aromatic carbocycles. The van der Waals surface area contributed by atoms with Crippen molar-refractivity contribution in [1.29, 1.82) is 0 Å². The van der Waals surface area contributed by atoms with Gasteiger partial charge in [0.25, 0.3) is 0 Å². The number of hydrogen-bond acceptors (Lipinski definition) is 6. The van der Waals surface area contributed by atoms with E-state index in [1.54, 1.807) is 7.11 Å². The fourth-order valence-corrected chi connectivity index (χ4v) is 2.31. The van der Waals surface area contributed by atoms with Crippen LogP contribution in [0.1, 0.15) is 5.69 Å². The van der Waals surface area contributed by atoms with Crippen LogP contribution >= 0.6 is 0 Å². The summed E-state index contributed by atoms with van der Waals surface area (Å²) in [6.07, 6.45) is 0.237. The van der Waals surface area contributed by atoms with E-state index in [4.69, 9.17) is 14.2 Å². The first-order chi connectivity index (χ1) is 12.1. The number of ether oxygens (including phenoxy) is 3. The summed E-state index contributed by atoms with van der Waals surface area (Å²) < 4.78 is 14.8. The third-order valence-electron chi connectivity index (χ3n) is 3.56. The molecule has 1 N–H and O–H groups in total. The van der Waals surface area contributed by atoms with E-state index >= 15 is 0 Å². The number of fused-ring (bicyclic) bond motifs is 1. The van der Waals surface area contributed by atoms with Gasteiger partial charge in [-0.25, -0.2) is 4.79 Å². The molecule has 1 amide bonds. The molecule has 7 nitrogen and oxygen atoms in total. The van der Waals surface area contributed by atoms with Gasteiger partial charge in [-0.1, -0.05) is 24.3 Å². The Morgan fingerprint density at radius 2 is 1.92 bits per heavy atom. The molecule has 0 aliphatic rings. The molecular formula is C18H22N2O5. The van der Waals surface area contributed by atoms with Gasteiger partial charge < -0.3 is 19.5 Å². The molecular weight excluding hydrogens is 324 g/mol. The van der Waals surface area contributed by atoms with Crippen molar-refractivity contribution < 1.29 is 23.8 Å². The Morgan fingerprint density at radius 1 is 1.12 bits per heavy atom. The zero-order valence-corrected chi connectivity index (χ0v) is 14.4. The van der Waals surface area contributed by atoms with Crippen molar-refractivity contribution in [1.82, 2.24) is 10.3 Å². The summed E-state index contributed by atoms with van der Waals surface area (Å²) in [7, 11) is 2.83. The van der Waals surface area contributed by atoms with Crippen LogP contribution in [0, 0.1) is 0 Å². The molecule has 0 aliphatic carbocycles. The number of pyridine rings is 1. The third kappa shape index (κ3) is 5.81. The molecule has 0 fully saturated rings. The molecule has 2 aromatic rings. The van der Waals surface area contributed by atoms with E-state index < -0.39 is 17.9 Å². The zero-order chi connectivity index (χ0) is 18.1. The Morgan fingerprint density at radius 3 is 2.68 bits per heavy atom. The molecule has 7 heteroatoms. The van der Waals surface area contributed by atoms with Crippen LogP contribution in [0.2, 0.25) is 0 Å². The van der Waals surface area contributed by atoms with E-state index in [0.717, 1.165) is 10.9 Å². The lowest BCUT2D eigenvalue weighted by Crippen LogP contribution is -2.44. The number of benzene rings is 1. The summed E-state index contributed by atoms with van der Waals surface area (Å²) in [6.45, 7) is 0.551. The highest BCUT2D eigenvalue weighted by Gasteiger charge is 2.22. The Labute approximate surface area is 146 Å². The quantitative estimate of drug-likeness (QED) is 0.540. The van der Waals surface area contributed by atoms with Crippen molar-refractivity contribution in [2.24, 2.45) is 0 Å². The number of nitrogens with zero attached hydrogens (tertiary/aromatic N) is 1. The number of methoxy groups -OCH3 is 2. The van der Waals surface area contributed by atoms with Gasteiger partial charge in [-0.2, -0.15) is 0 Å². The largest absolute Gasteiger partial charge is 0.467 e. The van der Waals surface area contributed by atoms with Gasteiger partial charge in [-0.15, -0.1) is 0 Å². The summed E-state index contributed by atoms with van der Waals surface area (Å²) in [4.78, 5) is 28.4. The highest BCUT2D eigenvalue weighted by molar-refractivity contribution is 5.85. The number of esters is 1. The maximum atomic E-state index is 12.0. The van der Waals surface area contributed by atoms with E-state index in [0.29, 0.717) is 18.9 Å². The minimum atomic E-state index is -0.822. The van der Waals surface area contributed by atoms with E-state index in [9.17, 15) is 9.59 Å². The molecule has 0 radical (unpaired) electrons. The fraction of sp³-hybridized carbons (Fsp3) is 0.389. The van der Waals surface area contributed by atoms with E-state index in [1.807, 2.05) is 36.4 Å². The van der Waals surface area contributed by atoms with E-state index in [2.05, 4.69) is 10.3 Å². The second kappa shape index (κ2) is 9.71. The highest BCUT2D eigenvalue weighted by atomic mass is 16.5. The van der Waals surface area contributed by atoms with Crippen LogP contribution in [-0.4, -0.2) is 56.9 Å². The summed E-state index contributed by atoms with van der Waals surface area (Å²) in [5.74, 6) is -0.924. The lowest BCUT2D eigenvalue weighted by Gasteiger charge is -2.16. The summed E-state index contributed by atoms with van der Waals surface area (Å²) in [5.41, 5.74) is 1.52. The average molecular weight is 346 g/mol. The molecule has 25 heavy (non-hydrogen) atoms. The highest BCUT2D eigenvalue weighted by Crippen LogP contribution is 2.13. The van der Waals surface area contributed by atoms with Crippen molar-refractivity contribution in [2.75, 3.05) is 34.0 Å². The molecule has 0 saturated carbocycles. The van der Waals surface area contributed by atoms with Gasteiger partial charge in [0, 0.05) is 24.6 Å². The van der Waals surface area contributed by atoms with E-state index in [-0.39, 0.29) is 13.0 Å². The topological polar surface area (TPSA) is 86.8 Å². The molecule has 0 bridgehead atoms. The summed E-state index contributed by atoms with van der Waals surface area (Å²) >= 11 is 0. The SMILES string of the molecule is COCCOCC(=O)N[C@@H](Cc1ccc2ccccc2n1)C(=O)OC. The lowest BCUT2D eigenvalue weighted by molar-refractivity contribution is -0.145. The molecule has 0 aliphatic heterocycles. The Balaban J connectivity index is 2.01. The molecule has 1 atom stereocenters. The van der Waals surface area contributed by atoms with Crippen LogP contribution in [0.15, 0.2) is 36.4 Å². The molecule has 1 heterocycles. The van der Waals surface area contributed by atoms with E-state index in [1.165, 1.54) is 7.11 Å². The van der Waals surface area contributed by atoms with Crippen LogP contribution in [0.3, 0.4) is 0 Å². The number of nitrogens with one attached hydrogen (secondary N) is 1. The predicted molar refractivity (Wildman–Crippen MR) is 92.1 cm³/mol. The Kier molecular flexibility index (Phi) is 7.31. The van der Waals surface area contributed by atoms with Gasteiger partial charge in [-0.3, -0.25) is 9.78 Å². The lowest BCUT2D eigenvalue weighted by atomic mass is 10.1. The predicted octanol–water partition coefficient (Wildman–Crippen LogP) is 1.10. The second-order valence-corrected chi connectivity index (χ2v) is 5.39. The monoisotopic (exact) mass is 346 g/mol. The second-order valence-electron chi connectivity index (χ2n) is 5.39. The van der Waals surface area contributed by atoms with Gasteiger partial charge >= 0.3 is 5.97 Å². The first-order valence-corrected chi connectivity index (χ1v) is 7.92. The number of carbonyl (C=O) groups is 2. The van der Waals surface area contributed by atoms with Crippen molar-refractivity contribution in [3.8, 4) is 0 Å². The summed E-state index contributed by atoms with van der Waals surface area (Å²) in [6, 6.07) is 10.6.